The van der Waals surface area contributed by atoms with Gasteiger partial charge in [0.05, 0.1) is 11.1 Å². The van der Waals surface area contributed by atoms with Crippen molar-refractivity contribution >= 4 is 22.7 Å². The Labute approximate surface area is 97.0 Å². The van der Waals surface area contributed by atoms with Gasteiger partial charge < -0.3 is 4.74 Å². The molecule has 0 N–H and O–H groups in total. The smallest absolute Gasteiger partial charge is 0.347 e. The maximum absolute atomic E-state index is 11.7. The molecule has 2 aromatic rings. The Bertz CT molecular complexity index is 713. The molecule has 0 saturated carbocycles. The highest BCUT2D eigenvalue weighted by Gasteiger charge is 2.33. The van der Waals surface area contributed by atoms with Gasteiger partial charge in [0.15, 0.2) is 0 Å². The highest BCUT2D eigenvalue weighted by molar-refractivity contribution is 6.22. The standard InChI is InChI=1S/C14H8O3/c15-13-10-6-8-5-4-7-2-1-3-9(11(7)8)12(10)14(16)17-13/h1-3,6H,4-5H2. The van der Waals surface area contributed by atoms with E-state index in [1.807, 2.05) is 18.2 Å². The van der Waals surface area contributed by atoms with Gasteiger partial charge >= 0.3 is 11.9 Å². The molecule has 0 aromatic heterocycles. The number of carbonyl (C=O) groups excluding carboxylic acids is 2. The number of cyclic esters (lactones) is 2. The Hall–Kier alpha value is -2.16. The number of hydrogen-bond donors (Lipinski definition) is 0. The molecule has 82 valence electrons. The second-order valence-corrected chi connectivity index (χ2v) is 4.47. The summed E-state index contributed by atoms with van der Waals surface area (Å²) in [5.41, 5.74) is 3.28. The Balaban J connectivity index is 2.26. The molecule has 1 aliphatic heterocycles. The topological polar surface area (TPSA) is 43.4 Å². The van der Waals surface area contributed by atoms with Crippen LogP contribution in [-0.4, -0.2) is 11.9 Å². The van der Waals surface area contributed by atoms with Gasteiger partial charge in [-0.25, -0.2) is 9.59 Å². The zero-order chi connectivity index (χ0) is 11.6. The lowest BCUT2D eigenvalue weighted by molar-refractivity contribution is 0.0444. The maximum atomic E-state index is 11.7. The van der Waals surface area contributed by atoms with Crippen molar-refractivity contribution in [1.29, 1.82) is 0 Å². The monoisotopic (exact) mass is 224 g/mol. The lowest BCUT2D eigenvalue weighted by Crippen LogP contribution is -1.97. The van der Waals surface area contributed by atoms with E-state index in [1.165, 1.54) is 5.56 Å². The summed E-state index contributed by atoms with van der Waals surface area (Å²) in [5, 5.41) is 2.00. The van der Waals surface area contributed by atoms with Gasteiger partial charge in [-0.2, -0.15) is 0 Å². The van der Waals surface area contributed by atoms with E-state index >= 15 is 0 Å². The van der Waals surface area contributed by atoms with E-state index in [9.17, 15) is 9.59 Å². The first kappa shape index (κ1) is 8.93. The van der Waals surface area contributed by atoms with Crippen LogP contribution in [0.1, 0.15) is 31.8 Å². The van der Waals surface area contributed by atoms with E-state index < -0.39 is 11.9 Å². The summed E-state index contributed by atoms with van der Waals surface area (Å²) < 4.78 is 4.68. The summed E-state index contributed by atoms with van der Waals surface area (Å²) in [4.78, 5) is 23.3. The first-order valence-electron chi connectivity index (χ1n) is 5.59. The first-order chi connectivity index (χ1) is 8.25. The first-order valence-corrected chi connectivity index (χ1v) is 5.59. The highest BCUT2D eigenvalue weighted by atomic mass is 16.6. The Morgan fingerprint density at radius 2 is 1.82 bits per heavy atom. The Morgan fingerprint density at radius 1 is 1.00 bits per heavy atom. The van der Waals surface area contributed by atoms with E-state index in [0.29, 0.717) is 11.1 Å². The molecular formula is C14H8O3. The molecule has 2 aliphatic rings. The van der Waals surface area contributed by atoms with Crippen molar-refractivity contribution in [3.63, 3.8) is 0 Å². The lowest BCUT2D eigenvalue weighted by Gasteiger charge is -2.04. The maximum Gasteiger partial charge on any atom is 0.347 e. The molecule has 0 bridgehead atoms. The van der Waals surface area contributed by atoms with Crippen molar-refractivity contribution < 1.29 is 14.3 Å². The number of aryl methyl sites for hydroxylation is 2. The van der Waals surface area contributed by atoms with E-state index in [2.05, 4.69) is 10.8 Å². The number of fused-ring (bicyclic) bond motifs is 2. The minimum absolute atomic E-state index is 0.427. The molecule has 3 heteroatoms. The predicted molar refractivity (Wildman–Crippen MR) is 61.1 cm³/mol. The van der Waals surface area contributed by atoms with Crippen LogP contribution in [-0.2, 0) is 17.6 Å². The summed E-state index contributed by atoms with van der Waals surface area (Å²) in [6.07, 6.45) is 1.92. The van der Waals surface area contributed by atoms with Crippen LogP contribution in [0.2, 0.25) is 0 Å². The normalized spacial score (nSPS) is 16.5. The summed E-state index contributed by atoms with van der Waals surface area (Å²) in [6.45, 7) is 0. The van der Waals surface area contributed by atoms with Crippen molar-refractivity contribution in [3.05, 3.63) is 46.5 Å². The minimum Gasteiger partial charge on any atom is -0.386 e. The number of hydrogen-bond acceptors (Lipinski definition) is 3. The molecule has 0 amide bonds. The van der Waals surface area contributed by atoms with Crippen LogP contribution in [0.15, 0.2) is 24.3 Å². The molecule has 1 heterocycles. The van der Waals surface area contributed by atoms with Gasteiger partial charge in [0.2, 0.25) is 0 Å². The lowest BCUT2D eigenvalue weighted by atomic mass is 9.96. The van der Waals surface area contributed by atoms with Gasteiger partial charge in [0.25, 0.3) is 0 Å². The molecule has 0 radical (unpaired) electrons. The summed E-state index contributed by atoms with van der Waals surface area (Å²) in [7, 11) is 0. The van der Waals surface area contributed by atoms with Crippen molar-refractivity contribution in [2.45, 2.75) is 12.8 Å². The van der Waals surface area contributed by atoms with Gasteiger partial charge in [-0.05, 0) is 40.8 Å². The molecule has 0 atom stereocenters. The second kappa shape index (κ2) is 2.74. The largest absolute Gasteiger partial charge is 0.386 e. The number of rotatable bonds is 0. The quantitative estimate of drug-likeness (QED) is 0.509. The van der Waals surface area contributed by atoms with Crippen LogP contribution in [0.25, 0.3) is 10.8 Å². The average molecular weight is 224 g/mol. The van der Waals surface area contributed by atoms with E-state index in [-0.39, 0.29) is 0 Å². The van der Waals surface area contributed by atoms with E-state index in [1.54, 1.807) is 0 Å². The van der Waals surface area contributed by atoms with Gasteiger partial charge in [0.1, 0.15) is 0 Å². The van der Waals surface area contributed by atoms with E-state index in [0.717, 1.165) is 29.2 Å². The van der Waals surface area contributed by atoms with Gasteiger partial charge in [-0.3, -0.25) is 0 Å². The van der Waals surface area contributed by atoms with Crippen LogP contribution in [0.5, 0.6) is 0 Å². The summed E-state index contributed by atoms with van der Waals surface area (Å²) >= 11 is 0. The fraction of sp³-hybridized carbons (Fsp3) is 0.143. The number of benzene rings is 2. The highest BCUT2D eigenvalue weighted by Crippen LogP contribution is 2.37. The molecule has 17 heavy (non-hydrogen) atoms. The molecule has 0 saturated heterocycles. The fourth-order valence-electron chi connectivity index (χ4n) is 2.90. The van der Waals surface area contributed by atoms with Crippen LogP contribution in [0, 0.1) is 0 Å². The molecule has 1 aliphatic carbocycles. The SMILES string of the molecule is O=C1OC(=O)c2c1cc1c3c(cccc23)CC1. The Kier molecular flexibility index (Phi) is 1.44. The van der Waals surface area contributed by atoms with Crippen molar-refractivity contribution in [1.82, 2.24) is 0 Å². The van der Waals surface area contributed by atoms with Crippen molar-refractivity contribution in [2.24, 2.45) is 0 Å². The zero-order valence-electron chi connectivity index (χ0n) is 8.95. The fourth-order valence-corrected chi connectivity index (χ4v) is 2.90. The summed E-state index contributed by atoms with van der Waals surface area (Å²) in [6, 6.07) is 7.73. The molecular weight excluding hydrogens is 216 g/mol. The van der Waals surface area contributed by atoms with Crippen LogP contribution in [0.3, 0.4) is 0 Å². The molecule has 0 unspecified atom stereocenters. The van der Waals surface area contributed by atoms with E-state index in [4.69, 9.17) is 0 Å². The third-order valence-electron chi connectivity index (χ3n) is 3.60. The minimum atomic E-state index is -0.513. The molecule has 0 fully saturated rings. The number of carbonyl (C=O) groups is 2. The van der Waals surface area contributed by atoms with Crippen molar-refractivity contribution in [3.8, 4) is 0 Å². The molecule has 0 spiro atoms. The molecule has 3 nitrogen and oxygen atoms in total. The average Bonchev–Trinajstić information content (AvgIpc) is 2.85. The van der Waals surface area contributed by atoms with Gasteiger partial charge in [-0.15, -0.1) is 0 Å². The molecule has 2 aromatic carbocycles. The summed E-state index contributed by atoms with van der Waals surface area (Å²) in [5.74, 6) is -1.03. The van der Waals surface area contributed by atoms with Gasteiger partial charge in [-0.1, -0.05) is 18.2 Å². The van der Waals surface area contributed by atoms with Crippen LogP contribution in [0.4, 0.5) is 0 Å². The van der Waals surface area contributed by atoms with Crippen molar-refractivity contribution in [2.75, 3.05) is 0 Å². The third-order valence-corrected chi connectivity index (χ3v) is 3.60. The van der Waals surface area contributed by atoms with Crippen LogP contribution >= 0.6 is 0 Å². The van der Waals surface area contributed by atoms with Crippen LogP contribution < -0.4 is 0 Å². The van der Waals surface area contributed by atoms with Gasteiger partial charge in [0, 0.05) is 0 Å². The Morgan fingerprint density at radius 3 is 2.71 bits per heavy atom. The number of ether oxygens (including phenoxy) is 1. The number of esters is 2. The zero-order valence-corrected chi connectivity index (χ0v) is 8.95. The third kappa shape index (κ3) is 0.965. The molecule has 4 rings (SSSR count). The predicted octanol–water partition coefficient (Wildman–Crippen LogP) is 2.25. The second-order valence-electron chi connectivity index (χ2n) is 4.47.